The highest BCUT2D eigenvalue weighted by atomic mass is 16.6. The summed E-state index contributed by atoms with van der Waals surface area (Å²) < 4.78 is 17.1. The van der Waals surface area contributed by atoms with E-state index in [0.717, 1.165) is 5.56 Å². The molecule has 0 aliphatic rings. The molecule has 0 fully saturated rings. The van der Waals surface area contributed by atoms with Gasteiger partial charge in [0.15, 0.2) is 5.76 Å². The maximum atomic E-state index is 12.7. The lowest BCUT2D eigenvalue weighted by Gasteiger charge is -2.09. The van der Waals surface area contributed by atoms with Gasteiger partial charge >= 0.3 is 0 Å². The van der Waals surface area contributed by atoms with Crippen LogP contribution in [0, 0.1) is 10.1 Å². The van der Waals surface area contributed by atoms with Crippen molar-refractivity contribution in [3.63, 3.8) is 0 Å². The molecule has 0 radical (unpaired) electrons. The van der Waals surface area contributed by atoms with E-state index < -0.39 is 10.8 Å². The van der Waals surface area contributed by atoms with Gasteiger partial charge in [-0.25, -0.2) is 0 Å². The van der Waals surface area contributed by atoms with Crippen LogP contribution in [0.25, 0.3) is 0 Å². The summed E-state index contributed by atoms with van der Waals surface area (Å²) in [6.07, 6.45) is 5.50. The maximum Gasteiger partial charge on any atom is 0.291 e. The number of ether oxygens (including phenoxy) is 2. The minimum Gasteiger partial charge on any atom is -0.485 e. The Morgan fingerprint density at radius 3 is 2.74 bits per heavy atom. The van der Waals surface area contributed by atoms with Crippen molar-refractivity contribution in [1.82, 2.24) is 4.98 Å². The molecular formula is C26H21N3O6. The van der Waals surface area contributed by atoms with Crippen LogP contribution in [0.15, 0.2) is 96.2 Å². The van der Waals surface area contributed by atoms with Crippen LogP contribution >= 0.6 is 0 Å². The van der Waals surface area contributed by atoms with Gasteiger partial charge in [0.05, 0.1) is 22.9 Å². The van der Waals surface area contributed by atoms with Crippen LogP contribution in [0.5, 0.6) is 17.2 Å². The third-order valence-electron chi connectivity index (χ3n) is 4.82. The van der Waals surface area contributed by atoms with E-state index in [1.807, 2.05) is 24.3 Å². The van der Waals surface area contributed by atoms with Crippen molar-refractivity contribution in [1.29, 1.82) is 0 Å². The molecule has 2 aromatic heterocycles. The van der Waals surface area contributed by atoms with Crippen LogP contribution in [-0.2, 0) is 13.0 Å². The molecule has 9 heteroatoms. The minimum absolute atomic E-state index is 0.0317. The zero-order valence-electron chi connectivity index (χ0n) is 18.5. The standard InChI is InChI=1S/C26H21N3O6/c1-2-6-18-7-3-4-9-24(18)33-17-22-10-11-25(35-22)26(30)28-19-13-20(29(31)32)15-23(14-19)34-21-8-5-12-27-16-21/h2-5,7-16H,1,6,17H2,(H,28,30). The zero-order chi connectivity index (χ0) is 24.6. The average Bonchev–Trinajstić information content (AvgIpc) is 3.33. The lowest BCUT2D eigenvalue weighted by atomic mass is 10.1. The monoisotopic (exact) mass is 471 g/mol. The number of nitrogens with zero attached hydrogens (tertiary/aromatic N) is 2. The lowest BCUT2D eigenvalue weighted by molar-refractivity contribution is -0.384. The number of hydrogen-bond acceptors (Lipinski definition) is 7. The van der Waals surface area contributed by atoms with Crippen LogP contribution in [0.1, 0.15) is 21.9 Å². The molecule has 0 bridgehead atoms. The molecule has 9 nitrogen and oxygen atoms in total. The molecule has 4 aromatic rings. The van der Waals surface area contributed by atoms with Crippen LogP contribution in [0.4, 0.5) is 11.4 Å². The van der Waals surface area contributed by atoms with E-state index in [4.69, 9.17) is 13.9 Å². The quantitative estimate of drug-likeness (QED) is 0.173. The fraction of sp³-hybridized carbons (Fsp3) is 0.0769. The fourth-order valence-corrected chi connectivity index (χ4v) is 3.25. The Balaban J connectivity index is 1.45. The van der Waals surface area contributed by atoms with Gasteiger partial charge < -0.3 is 19.2 Å². The van der Waals surface area contributed by atoms with E-state index in [1.165, 1.54) is 30.5 Å². The minimum atomic E-state index is -0.573. The Morgan fingerprint density at radius 2 is 1.97 bits per heavy atom. The number of rotatable bonds is 10. The van der Waals surface area contributed by atoms with Gasteiger partial charge in [0.1, 0.15) is 29.6 Å². The normalized spacial score (nSPS) is 10.4. The highest BCUT2D eigenvalue weighted by Gasteiger charge is 2.16. The van der Waals surface area contributed by atoms with Crippen molar-refractivity contribution < 1.29 is 23.6 Å². The van der Waals surface area contributed by atoms with Crippen molar-refractivity contribution in [2.24, 2.45) is 0 Å². The predicted molar refractivity (Wildman–Crippen MR) is 129 cm³/mol. The number of carbonyl (C=O) groups is 1. The van der Waals surface area contributed by atoms with Crippen molar-refractivity contribution in [3.8, 4) is 17.2 Å². The van der Waals surface area contributed by atoms with Gasteiger partial charge in [0.25, 0.3) is 11.6 Å². The smallest absolute Gasteiger partial charge is 0.291 e. The molecule has 0 atom stereocenters. The number of furan rings is 1. The molecule has 4 rings (SSSR count). The van der Waals surface area contributed by atoms with Crippen molar-refractivity contribution in [2.45, 2.75) is 13.0 Å². The highest BCUT2D eigenvalue weighted by Crippen LogP contribution is 2.30. The van der Waals surface area contributed by atoms with E-state index in [0.29, 0.717) is 23.7 Å². The summed E-state index contributed by atoms with van der Waals surface area (Å²) in [6, 6.07) is 18.0. The van der Waals surface area contributed by atoms with Crippen LogP contribution in [0.3, 0.4) is 0 Å². The second-order valence-corrected chi connectivity index (χ2v) is 7.37. The van der Waals surface area contributed by atoms with Crippen LogP contribution < -0.4 is 14.8 Å². The molecular weight excluding hydrogens is 450 g/mol. The van der Waals surface area contributed by atoms with Crippen LogP contribution in [-0.4, -0.2) is 15.8 Å². The van der Waals surface area contributed by atoms with Gasteiger partial charge in [-0.15, -0.1) is 6.58 Å². The maximum absolute atomic E-state index is 12.7. The van der Waals surface area contributed by atoms with E-state index in [9.17, 15) is 14.9 Å². The zero-order valence-corrected chi connectivity index (χ0v) is 18.5. The molecule has 0 spiro atoms. The summed E-state index contributed by atoms with van der Waals surface area (Å²) >= 11 is 0. The van der Waals surface area contributed by atoms with Gasteiger partial charge in [-0.2, -0.15) is 0 Å². The van der Waals surface area contributed by atoms with Gasteiger partial charge in [0.2, 0.25) is 0 Å². The highest BCUT2D eigenvalue weighted by molar-refractivity contribution is 6.02. The van der Waals surface area contributed by atoms with Crippen LogP contribution in [0.2, 0.25) is 0 Å². The molecule has 0 aliphatic heterocycles. The Bertz CT molecular complexity index is 1350. The molecule has 1 N–H and O–H groups in total. The Labute approximate surface area is 200 Å². The number of para-hydroxylation sites is 1. The summed E-state index contributed by atoms with van der Waals surface area (Å²) in [4.78, 5) is 27.4. The SMILES string of the molecule is C=CCc1ccccc1OCc1ccc(C(=O)Nc2cc(Oc3cccnc3)cc([N+](=O)[O-])c2)o1. The number of pyridine rings is 1. The summed E-state index contributed by atoms with van der Waals surface area (Å²) in [5, 5.41) is 14.0. The second-order valence-electron chi connectivity index (χ2n) is 7.37. The molecule has 1 amide bonds. The average molecular weight is 471 g/mol. The number of hydrogen-bond donors (Lipinski definition) is 1. The third kappa shape index (κ3) is 6.11. The third-order valence-corrected chi connectivity index (χ3v) is 4.82. The van der Waals surface area contributed by atoms with Crippen molar-refractivity contribution in [3.05, 3.63) is 119 Å². The summed E-state index contributed by atoms with van der Waals surface area (Å²) in [7, 11) is 0. The Morgan fingerprint density at radius 1 is 1.11 bits per heavy atom. The molecule has 2 aromatic carbocycles. The Kier molecular flexibility index (Phi) is 7.17. The van der Waals surface area contributed by atoms with Crippen molar-refractivity contribution >= 4 is 17.3 Å². The molecule has 2 heterocycles. The second kappa shape index (κ2) is 10.8. The molecule has 0 saturated heterocycles. The number of allylic oxidation sites excluding steroid dienone is 1. The number of nitrogens with one attached hydrogen (secondary N) is 1. The van der Waals surface area contributed by atoms with E-state index in [-0.39, 0.29) is 29.5 Å². The molecule has 176 valence electrons. The number of anilines is 1. The summed E-state index contributed by atoms with van der Waals surface area (Å²) in [6.45, 7) is 3.87. The molecule has 0 unspecified atom stereocenters. The molecule has 0 aliphatic carbocycles. The number of amides is 1. The number of nitro groups is 1. The largest absolute Gasteiger partial charge is 0.485 e. The van der Waals surface area contributed by atoms with Crippen molar-refractivity contribution in [2.75, 3.05) is 5.32 Å². The first-order chi connectivity index (χ1) is 17.0. The fourth-order valence-electron chi connectivity index (χ4n) is 3.25. The first-order valence-electron chi connectivity index (χ1n) is 10.6. The number of benzene rings is 2. The van der Waals surface area contributed by atoms with Gasteiger partial charge in [-0.05, 0) is 42.3 Å². The number of non-ortho nitro benzene ring substituents is 1. The first-order valence-corrected chi connectivity index (χ1v) is 10.6. The van der Waals surface area contributed by atoms with E-state index in [1.54, 1.807) is 30.5 Å². The predicted octanol–water partition coefficient (Wildman–Crippen LogP) is 5.93. The topological polar surface area (TPSA) is 117 Å². The van der Waals surface area contributed by atoms with Gasteiger partial charge in [-0.1, -0.05) is 24.3 Å². The first kappa shape index (κ1) is 23.2. The molecule has 35 heavy (non-hydrogen) atoms. The summed E-state index contributed by atoms with van der Waals surface area (Å²) in [5.74, 6) is 1.18. The number of nitro benzene ring substituents is 1. The summed E-state index contributed by atoms with van der Waals surface area (Å²) in [5.41, 5.74) is 0.922. The number of carbonyl (C=O) groups excluding carboxylic acids is 1. The number of aromatic nitrogens is 1. The Hall–Kier alpha value is -4.92. The molecule has 0 saturated carbocycles. The van der Waals surface area contributed by atoms with Gasteiger partial charge in [0, 0.05) is 18.3 Å². The lowest BCUT2D eigenvalue weighted by Crippen LogP contribution is -2.11. The van der Waals surface area contributed by atoms with E-state index in [2.05, 4.69) is 16.9 Å². The van der Waals surface area contributed by atoms with Gasteiger partial charge in [-0.3, -0.25) is 19.9 Å². The van der Waals surface area contributed by atoms with E-state index >= 15 is 0 Å².